The van der Waals surface area contributed by atoms with Crippen molar-refractivity contribution in [3.8, 4) is 0 Å². The van der Waals surface area contributed by atoms with E-state index < -0.39 is 0 Å². The number of benzene rings is 1. The molecule has 0 bridgehead atoms. The third-order valence-electron chi connectivity index (χ3n) is 4.35. The molecular weight excluding hydrogens is 326 g/mol. The number of esters is 1. The van der Waals surface area contributed by atoms with Gasteiger partial charge in [-0.05, 0) is 31.2 Å². The first-order chi connectivity index (χ1) is 11.7. The van der Waals surface area contributed by atoms with Crippen LogP contribution in [-0.4, -0.2) is 67.2 Å². The molecule has 3 rings (SSSR count). The molecule has 1 aromatic rings. The normalized spacial score (nSPS) is 21.0. The molecule has 2 saturated heterocycles. The van der Waals surface area contributed by atoms with E-state index in [4.69, 9.17) is 4.74 Å². The van der Waals surface area contributed by atoms with E-state index in [1.54, 1.807) is 30.8 Å². The van der Waals surface area contributed by atoms with Crippen LogP contribution in [-0.2, 0) is 9.53 Å². The minimum Gasteiger partial charge on any atom is -0.462 e. The summed E-state index contributed by atoms with van der Waals surface area (Å²) in [6.07, 6.45) is 0. The highest BCUT2D eigenvalue weighted by Crippen LogP contribution is 2.19. The molecule has 2 aliphatic heterocycles. The summed E-state index contributed by atoms with van der Waals surface area (Å²) < 4.78 is 5.00. The summed E-state index contributed by atoms with van der Waals surface area (Å²) in [5, 5.41) is 3.24. The molecule has 2 aliphatic rings. The molecule has 24 heavy (non-hydrogen) atoms. The second-order valence-electron chi connectivity index (χ2n) is 5.85. The lowest BCUT2D eigenvalue weighted by atomic mass is 10.1. The van der Waals surface area contributed by atoms with Crippen molar-refractivity contribution in [1.29, 1.82) is 0 Å². The van der Waals surface area contributed by atoms with E-state index >= 15 is 0 Å². The number of hydrogen-bond donors (Lipinski definition) is 1. The van der Waals surface area contributed by atoms with Gasteiger partial charge in [-0.2, -0.15) is 0 Å². The first kappa shape index (κ1) is 17.1. The molecule has 0 saturated carbocycles. The van der Waals surface area contributed by atoms with Crippen molar-refractivity contribution in [3.63, 3.8) is 0 Å². The van der Waals surface area contributed by atoms with Crippen LogP contribution in [0, 0.1) is 0 Å². The molecule has 2 fully saturated rings. The van der Waals surface area contributed by atoms with Gasteiger partial charge in [0, 0.05) is 43.5 Å². The smallest absolute Gasteiger partial charge is 0.338 e. The number of piperazine rings is 1. The number of carbonyl (C=O) groups is 2. The zero-order valence-electron chi connectivity index (χ0n) is 13.9. The van der Waals surface area contributed by atoms with Crippen LogP contribution in [0.3, 0.4) is 0 Å². The number of hydrogen-bond acceptors (Lipinski definition) is 6. The number of rotatable bonds is 4. The van der Waals surface area contributed by atoms with Crippen molar-refractivity contribution < 1.29 is 14.3 Å². The maximum Gasteiger partial charge on any atom is 0.338 e. The van der Waals surface area contributed by atoms with Crippen LogP contribution in [0.15, 0.2) is 24.3 Å². The largest absolute Gasteiger partial charge is 0.462 e. The standard InChI is InChI=1S/C17H23N3O3S/c1-2-23-17(22)13-3-5-14(6-4-13)19-7-9-20(10-8-19)16(21)15-11-24-12-18-15/h3-6,15,18H,2,7-12H2,1H3. The lowest BCUT2D eigenvalue weighted by molar-refractivity contribution is -0.132. The average molecular weight is 349 g/mol. The van der Waals surface area contributed by atoms with Crippen molar-refractivity contribution >= 4 is 29.3 Å². The summed E-state index contributed by atoms with van der Waals surface area (Å²) in [6.45, 7) is 5.27. The van der Waals surface area contributed by atoms with E-state index in [1.165, 1.54) is 0 Å². The van der Waals surface area contributed by atoms with Crippen molar-refractivity contribution in [1.82, 2.24) is 10.2 Å². The maximum atomic E-state index is 12.4. The Labute approximate surface area is 146 Å². The lowest BCUT2D eigenvalue weighted by Crippen LogP contribution is -2.53. The maximum absolute atomic E-state index is 12.4. The predicted octanol–water partition coefficient (Wildman–Crippen LogP) is 1.17. The Bertz CT molecular complexity index is 579. The third kappa shape index (κ3) is 3.84. The Morgan fingerprint density at radius 1 is 1.21 bits per heavy atom. The molecular formula is C17H23N3O3S. The monoisotopic (exact) mass is 349 g/mol. The van der Waals surface area contributed by atoms with Gasteiger partial charge in [0.25, 0.3) is 0 Å². The number of carbonyl (C=O) groups excluding carboxylic acids is 2. The topological polar surface area (TPSA) is 61.9 Å². The molecule has 0 aliphatic carbocycles. The van der Waals surface area contributed by atoms with Gasteiger partial charge in [0.1, 0.15) is 0 Å². The molecule has 0 radical (unpaired) electrons. The highest BCUT2D eigenvalue weighted by Gasteiger charge is 2.29. The second-order valence-corrected chi connectivity index (χ2v) is 6.88. The average Bonchev–Trinajstić information content (AvgIpc) is 3.16. The molecule has 0 aromatic heterocycles. The highest BCUT2D eigenvalue weighted by atomic mass is 32.2. The van der Waals surface area contributed by atoms with Crippen LogP contribution >= 0.6 is 11.8 Å². The van der Waals surface area contributed by atoms with E-state index in [2.05, 4.69) is 10.2 Å². The van der Waals surface area contributed by atoms with Crippen molar-refractivity contribution in [3.05, 3.63) is 29.8 Å². The highest BCUT2D eigenvalue weighted by molar-refractivity contribution is 7.99. The molecule has 0 spiro atoms. The van der Waals surface area contributed by atoms with Gasteiger partial charge in [0.05, 0.1) is 18.2 Å². The number of nitrogens with one attached hydrogen (secondary N) is 1. The van der Waals surface area contributed by atoms with E-state index in [0.717, 1.165) is 43.5 Å². The molecule has 2 heterocycles. The minimum absolute atomic E-state index is 0.0228. The first-order valence-corrected chi connectivity index (χ1v) is 9.46. The number of nitrogens with zero attached hydrogens (tertiary/aromatic N) is 2. The van der Waals surface area contributed by atoms with Crippen LogP contribution in [0.2, 0.25) is 0 Å². The van der Waals surface area contributed by atoms with E-state index in [0.29, 0.717) is 12.2 Å². The minimum atomic E-state index is -0.290. The summed E-state index contributed by atoms with van der Waals surface area (Å²) >= 11 is 1.77. The number of ether oxygens (including phenoxy) is 1. The molecule has 1 atom stereocenters. The molecule has 1 N–H and O–H groups in total. The van der Waals surface area contributed by atoms with Crippen LogP contribution in [0.5, 0.6) is 0 Å². The zero-order valence-corrected chi connectivity index (χ0v) is 14.7. The molecule has 6 nitrogen and oxygen atoms in total. The third-order valence-corrected chi connectivity index (χ3v) is 5.29. The number of anilines is 1. The Morgan fingerprint density at radius 2 is 1.92 bits per heavy atom. The van der Waals surface area contributed by atoms with Gasteiger partial charge in [0.15, 0.2) is 0 Å². The van der Waals surface area contributed by atoms with E-state index in [-0.39, 0.29) is 17.9 Å². The van der Waals surface area contributed by atoms with E-state index in [9.17, 15) is 9.59 Å². The lowest BCUT2D eigenvalue weighted by Gasteiger charge is -2.37. The second kappa shape index (κ2) is 7.90. The summed E-state index contributed by atoms with van der Waals surface area (Å²) in [6, 6.07) is 7.46. The first-order valence-electron chi connectivity index (χ1n) is 8.31. The summed E-state index contributed by atoms with van der Waals surface area (Å²) in [7, 11) is 0. The molecule has 7 heteroatoms. The van der Waals surface area contributed by atoms with Crippen LogP contribution < -0.4 is 10.2 Å². The fourth-order valence-corrected chi connectivity index (χ4v) is 3.92. The van der Waals surface area contributed by atoms with Crippen LogP contribution in [0.25, 0.3) is 0 Å². The summed E-state index contributed by atoms with van der Waals surface area (Å²) in [4.78, 5) is 28.3. The fourth-order valence-electron chi connectivity index (χ4n) is 2.98. The predicted molar refractivity (Wildman–Crippen MR) is 95.4 cm³/mol. The molecule has 1 amide bonds. The number of amides is 1. The van der Waals surface area contributed by atoms with Crippen LogP contribution in [0.1, 0.15) is 17.3 Å². The van der Waals surface area contributed by atoms with Gasteiger partial charge in [-0.1, -0.05) is 0 Å². The molecule has 1 aromatic carbocycles. The summed E-state index contributed by atoms with van der Waals surface area (Å²) in [5.74, 6) is 1.66. The Balaban J connectivity index is 1.54. The Hall–Kier alpha value is -1.73. The van der Waals surface area contributed by atoms with Gasteiger partial charge in [0.2, 0.25) is 5.91 Å². The Kier molecular flexibility index (Phi) is 5.63. The van der Waals surface area contributed by atoms with Gasteiger partial charge < -0.3 is 14.5 Å². The quantitative estimate of drug-likeness (QED) is 0.824. The van der Waals surface area contributed by atoms with Gasteiger partial charge in [-0.25, -0.2) is 4.79 Å². The van der Waals surface area contributed by atoms with Crippen LogP contribution in [0.4, 0.5) is 5.69 Å². The molecule has 1 unspecified atom stereocenters. The van der Waals surface area contributed by atoms with E-state index in [1.807, 2.05) is 17.0 Å². The van der Waals surface area contributed by atoms with Gasteiger partial charge >= 0.3 is 5.97 Å². The number of thioether (sulfide) groups is 1. The van der Waals surface area contributed by atoms with Crippen molar-refractivity contribution in [2.75, 3.05) is 49.3 Å². The van der Waals surface area contributed by atoms with Crippen molar-refractivity contribution in [2.24, 2.45) is 0 Å². The van der Waals surface area contributed by atoms with Crippen molar-refractivity contribution in [2.45, 2.75) is 13.0 Å². The molecule has 130 valence electrons. The Morgan fingerprint density at radius 3 is 2.50 bits per heavy atom. The zero-order chi connectivity index (χ0) is 16.9. The fraction of sp³-hybridized carbons (Fsp3) is 0.529. The van der Waals surface area contributed by atoms with Gasteiger partial charge in [-0.15, -0.1) is 11.8 Å². The SMILES string of the molecule is CCOC(=O)c1ccc(N2CCN(C(=O)C3CSCN3)CC2)cc1. The van der Waals surface area contributed by atoms with Gasteiger partial charge in [-0.3, -0.25) is 10.1 Å². The summed E-state index contributed by atoms with van der Waals surface area (Å²) in [5.41, 5.74) is 1.64.